The van der Waals surface area contributed by atoms with Crippen molar-refractivity contribution < 1.29 is 19.4 Å². The van der Waals surface area contributed by atoms with Crippen LogP contribution in [0.3, 0.4) is 0 Å². The number of aryl methyl sites for hydroxylation is 1. The maximum absolute atomic E-state index is 12.7. The van der Waals surface area contributed by atoms with Gasteiger partial charge in [0.25, 0.3) is 0 Å². The van der Waals surface area contributed by atoms with Gasteiger partial charge in [-0.15, -0.1) is 0 Å². The van der Waals surface area contributed by atoms with E-state index in [4.69, 9.17) is 4.74 Å². The lowest BCUT2D eigenvalue weighted by molar-refractivity contribution is -0.145. The summed E-state index contributed by atoms with van der Waals surface area (Å²) in [4.78, 5) is 24.5. The molecule has 0 bridgehead atoms. The molecule has 4 nitrogen and oxygen atoms in total. The minimum absolute atomic E-state index is 0.00527. The number of benzene rings is 1. The number of phenols is 1. The fraction of sp³-hybridized carbons (Fsp3) is 0.500. The number of fused-ring (bicyclic) bond motifs is 1. The number of phenolic OH excluding ortho intramolecular Hbond substituents is 1. The lowest BCUT2D eigenvalue weighted by Crippen LogP contribution is -2.38. The van der Waals surface area contributed by atoms with Crippen LogP contribution in [0.2, 0.25) is 0 Å². The fourth-order valence-corrected chi connectivity index (χ4v) is 2.90. The van der Waals surface area contributed by atoms with Crippen molar-refractivity contribution in [3.05, 3.63) is 29.3 Å². The van der Waals surface area contributed by atoms with Gasteiger partial charge in [0.15, 0.2) is 5.78 Å². The third kappa shape index (κ3) is 2.55. The monoisotopic (exact) mass is 276 g/mol. The third-order valence-electron chi connectivity index (χ3n) is 4.15. The molecule has 0 aliphatic heterocycles. The number of ether oxygens (including phenoxy) is 1. The van der Waals surface area contributed by atoms with Gasteiger partial charge in [-0.2, -0.15) is 0 Å². The van der Waals surface area contributed by atoms with Crippen molar-refractivity contribution >= 4 is 11.8 Å². The number of Topliss-reactive ketones (excluding diaryl/α,β-unsaturated/α-hetero) is 1. The highest BCUT2D eigenvalue weighted by atomic mass is 16.5. The highest BCUT2D eigenvalue weighted by molar-refractivity contribution is 6.04. The number of esters is 1. The Morgan fingerprint density at radius 3 is 2.80 bits per heavy atom. The molecule has 0 fully saturated rings. The number of aromatic hydroxyl groups is 1. The lowest BCUT2D eigenvalue weighted by Gasteiger charge is -2.35. The van der Waals surface area contributed by atoms with Crippen LogP contribution in [0.1, 0.15) is 49.0 Å². The van der Waals surface area contributed by atoms with Gasteiger partial charge >= 0.3 is 5.97 Å². The first-order valence-electron chi connectivity index (χ1n) is 7.04. The van der Waals surface area contributed by atoms with E-state index >= 15 is 0 Å². The Bertz CT molecular complexity index is 535. The van der Waals surface area contributed by atoms with Gasteiger partial charge in [-0.25, -0.2) is 0 Å². The van der Waals surface area contributed by atoms with E-state index in [1.165, 1.54) is 6.07 Å². The zero-order valence-electron chi connectivity index (χ0n) is 11.9. The lowest BCUT2D eigenvalue weighted by atomic mass is 9.67. The Hall–Kier alpha value is -1.84. The molecule has 0 amide bonds. The maximum atomic E-state index is 12.7. The molecule has 108 valence electrons. The van der Waals surface area contributed by atoms with Crippen LogP contribution in [-0.4, -0.2) is 23.5 Å². The summed E-state index contributed by atoms with van der Waals surface area (Å²) >= 11 is 0. The normalized spacial score (nSPS) is 21.4. The topological polar surface area (TPSA) is 63.6 Å². The Morgan fingerprint density at radius 2 is 2.15 bits per heavy atom. The second kappa shape index (κ2) is 5.65. The SMILES string of the molecule is CCOC(=O)CC1(CC)CCc2cc(O)ccc2C1=O. The van der Waals surface area contributed by atoms with Crippen molar-refractivity contribution in [2.24, 2.45) is 5.41 Å². The molecular weight excluding hydrogens is 256 g/mol. The fourth-order valence-electron chi connectivity index (χ4n) is 2.90. The summed E-state index contributed by atoms with van der Waals surface area (Å²) in [5, 5.41) is 9.49. The predicted molar refractivity (Wildman–Crippen MR) is 74.7 cm³/mol. The first kappa shape index (κ1) is 14.6. The summed E-state index contributed by atoms with van der Waals surface area (Å²) in [5.74, 6) is -0.148. The van der Waals surface area contributed by atoms with E-state index in [-0.39, 0.29) is 23.9 Å². The van der Waals surface area contributed by atoms with Crippen molar-refractivity contribution in [1.82, 2.24) is 0 Å². The molecular formula is C16H20O4. The van der Waals surface area contributed by atoms with Gasteiger partial charge < -0.3 is 9.84 Å². The molecule has 1 unspecified atom stereocenters. The Kier molecular flexibility index (Phi) is 4.12. The average molecular weight is 276 g/mol. The standard InChI is InChI=1S/C16H20O4/c1-3-16(10-14(18)20-4-2)8-7-11-9-12(17)5-6-13(11)15(16)19/h5-6,9,17H,3-4,7-8,10H2,1-2H3. The second-order valence-electron chi connectivity index (χ2n) is 5.29. The van der Waals surface area contributed by atoms with Crippen LogP contribution in [0.4, 0.5) is 0 Å². The Balaban J connectivity index is 2.31. The van der Waals surface area contributed by atoms with Crippen molar-refractivity contribution in [2.45, 2.75) is 39.5 Å². The molecule has 0 saturated carbocycles. The van der Waals surface area contributed by atoms with Gasteiger partial charge in [0, 0.05) is 11.0 Å². The molecule has 1 N–H and O–H groups in total. The molecule has 1 aliphatic carbocycles. The molecule has 1 aromatic carbocycles. The highest BCUT2D eigenvalue weighted by Crippen LogP contribution is 2.42. The number of hydrogen-bond donors (Lipinski definition) is 1. The van der Waals surface area contributed by atoms with Gasteiger partial charge in [-0.3, -0.25) is 9.59 Å². The van der Waals surface area contributed by atoms with Gasteiger partial charge in [0.2, 0.25) is 0 Å². The van der Waals surface area contributed by atoms with Crippen LogP contribution in [0.25, 0.3) is 0 Å². The van der Waals surface area contributed by atoms with E-state index in [0.29, 0.717) is 31.4 Å². The van der Waals surface area contributed by atoms with Gasteiger partial charge in [-0.1, -0.05) is 6.92 Å². The van der Waals surface area contributed by atoms with Crippen molar-refractivity contribution in [3.63, 3.8) is 0 Å². The van der Waals surface area contributed by atoms with Crippen LogP contribution in [0.5, 0.6) is 5.75 Å². The van der Waals surface area contributed by atoms with Crippen LogP contribution >= 0.6 is 0 Å². The molecule has 0 heterocycles. The number of rotatable bonds is 4. The molecule has 20 heavy (non-hydrogen) atoms. The van der Waals surface area contributed by atoms with E-state index in [0.717, 1.165) is 5.56 Å². The molecule has 2 rings (SSSR count). The summed E-state index contributed by atoms with van der Waals surface area (Å²) in [6, 6.07) is 4.81. The van der Waals surface area contributed by atoms with Crippen LogP contribution < -0.4 is 0 Å². The quantitative estimate of drug-likeness (QED) is 0.859. The minimum Gasteiger partial charge on any atom is -0.508 e. The first-order valence-corrected chi connectivity index (χ1v) is 7.04. The molecule has 0 aromatic heterocycles. The van der Waals surface area contributed by atoms with Gasteiger partial charge in [-0.05, 0) is 49.9 Å². The van der Waals surface area contributed by atoms with E-state index < -0.39 is 5.41 Å². The summed E-state index contributed by atoms with van der Waals surface area (Å²) in [5.41, 5.74) is 0.832. The maximum Gasteiger partial charge on any atom is 0.306 e. The highest BCUT2D eigenvalue weighted by Gasteiger charge is 2.43. The van der Waals surface area contributed by atoms with Crippen molar-refractivity contribution in [3.8, 4) is 5.75 Å². The summed E-state index contributed by atoms with van der Waals surface area (Å²) in [7, 11) is 0. The van der Waals surface area contributed by atoms with Crippen LogP contribution in [0.15, 0.2) is 18.2 Å². The van der Waals surface area contributed by atoms with Crippen LogP contribution in [-0.2, 0) is 16.0 Å². The molecule has 0 radical (unpaired) electrons. The summed E-state index contributed by atoms with van der Waals surface area (Å²) in [6.45, 7) is 4.02. The summed E-state index contributed by atoms with van der Waals surface area (Å²) in [6.07, 6.45) is 2.07. The number of ketones is 1. The Morgan fingerprint density at radius 1 is 1.40 bits per heavy atom. The smallest absolute Gasteiger partial charge is 0.306 e. The number of carbonyl (C=O) groups is 2. The Labute approximate surface area is 118 Å². The molecule has 0 saturated heterocycles. The predicted octanol–water partition coefficient (Wildman–Crippen LogP) is 2.87. The summed E-state index contributed by atoms with van der Waals surface area (Å²) < 4.78 is 5.00. The zero-order valence-corrected chi connectivity index (χ0v) is 11.9. The molecule has 1 aliphatic rings. The third-order valence-corrected chi connectivity index (χ3v) is 4.15. The first-order chi connectivity index (χ1) is 9.52. The van der Waals surface area contributed by atoms with E-state index in [9.17, 15) is 14.7 Å². The van der Waals surface area contributed by atoms with Crippen LogP contribution in [0, 0.1) is 5.41 Å². The minimum atomic E-state index is -0.657. The van der Waals surface area contributed by atoms with E-state index in [2.05, 4.69) is 0 Å². The molecule has 0 spiro atoms. The molecule has 1 atom stereocenters. The van der Waals surface area contributed by atoms with E-state index in [1.807, 2.05) is 6.92 Å². The van der Waals surface area contributed by atoms with Gasteiger partial charge in [0.1, 0.15) is 5.75 Å². The molecule has 1 aromatic rings. The number of carbonyl (C=O) groups excluding carboxylic acids is 2. The van der Waals surface area contributed by atoms with Crippen molar-refractivity contribution in [2.75, 3.05) is 6.61 Å². The van der Waals surface area contributed by atoms with Crippen molar-refractivity contribution in [1.29, 1.82) is 0 Å². The second-order valence-corrected chi connectivity index (χ2v) is 5.29. The number of hydrogen-bond acceptors (Lipinski definition) is 4. The zero-order chi connectivity index (χ0) is 14.8. The van der Waals surface area contributed by atoms with Gasteiger partial charge in [0.05, 0.1) is 13.0 Å². The van der Waals surface area contributed by atoms with E-state index in [1.54, 1.807) is 19.1 Å². The molecule has 4 heteroatoms. The average Bonchev–Trinajstić information content (AvgIpc) is 2.42. The largest absolute Gasteiger partial charge is 0.508 e.